The Hall–Kier alpha value is -0.710. The topological polar surface area (TPSA) is 41.1 Å². The molecule has 0 saturated heterocycles. The van der Waals surface area contributed by atoms with Crippen molar-refractivity contribution in [3.05, 3.63) is 28.8 Å². The maximum atomic E-state index is 11.7. The predicted octanol–water partition coefficient (Wildman–Crippen LogP) is 3.32. The molecule has 3 nitrogen and oxygen atoms in total. The van der Waals surface area contributed by atoms with Crippen LogP contribution in [-0.2, 0) is 4.79 Å². The maximum Gasteiger partial charge on any atom is 0.238 e. The van der Waals surface area contributed by atoms with E-state index in [0.29, 0.717) is 11.6 Å². The summed E-state index contributed by atoms with van der Waals surface area (Å²) in [6.45, 7) is 3.16. The summed E-state index contributed by atoms with van der Waals surface area (Å²) >= 11 is 7.76. The molecule has 0 unspecified atom stereocenters. The van der Waals surface area contributed by atoms with E-state index in [9.17, 15) is 4.79 Å². The molecule has 1 aromatic carbocycles. The highest BCUT2D eigenvalue weighted by Crippen LogP contribution is 2.19. The maximum absolute atomic E-state index is 11.7. The fraction of sp³-hybridized carbons (Fsp3) is 0.500. The van der Waals surface area contributed by atoms with Gasteiger partial charge in [0.1, 0.15) is 0 Å². The molecule has 0 radical (unpaired) electrons. The Kier molecular flexibility index (Phi) is 7.94. The Morgan fingerprint density at radius 3 is 2.89 bits per heavy atom. The van der Waals surface area contributed by atoms with Crippen LogP contribution in [0.5, 0.6) is 0 Å². The normalized spacial score (nSPS) is 10.5. The Morgan fingerprint density at radius 2 is 2.16 bits per heavy atom. The van der Waals surface area contributed by atoms with Crippen molar-refractivity contribution in [2.75, 3.05) is 30.4 Å². The van der Waals surface area contributed by atoms with Gasteiger partial charge in [0.05, 0.1) is 6.54 Å². The highest BCUT2D eigenvalue weighted by Gasteiger charge is 2.04. The van der Waals surface area contributed by atoms with Gasteiger partial charge in [0, 0.05) is 10.7 Å². The fourth-order valence-corrected chi connectivity index (χ4v) is 2.29. The second-order valence-corrected chi connectivity index (χ2v) is 5.81. The Morgan fingerprint density at radius 1 is 1.37 bits per heavy atom. The van der Waals surface area contributed by atoms with E-state index in [-0.39, 0.29) is 5.91 Å². The summed E-state index contributed by atoms with van der Waals surface area (Å²) in [4.78, 5) is 11.7. The van der Waals surface area contributed by atoms with E-state index in [4.69, 9.17) is 11.6 Å². The first-order valence-corrected chi connectivity index (χ1v) is 8.16. The summed E-state index contributed by atoms with van der Waals surface area (Å²) in [5.74, 6) is 1.14. The molecule has 0 heterocycles. The van der Waals surface area contributed by atoms with Crippen LogP contribution < -0.4 is 10.6 Å². The van der Waals surface area contributed by atoms with Gasteiger partial charge in [-0.3, -0.25) is 4.79 Å². The van der Waals surface area contributed by atoms with Gasteiger partial charge in [0.25, 0.3) is 0 Å². The third kappa shape index (κ3) is 6.85. The van der Waals surface area contributed by atoms with Crippen molar-refractivity contribution < 1.29 is 4.79 Å². The van der Waals surface area contributed by atoms with Crippen molar-refractivity contribution in [2.24, 2.45) is 0 Å². The van der Waals surface area contributed by atoms with Crippen LogP contribution in [0.1, 0.15) is 18.4 Å². The number of anilines is 1. The first kappa shape index (κ1) is 16.3. The Bertz CT molecular complexity index is 412. The molecule has 2 N–H and O–H groups in total. The van der Waals surface area contributed by atoms with Crippen molar-refractivity contribution in [1.82, 2.24) is 5.32 Å². The number of thioether (sulfide) groups is 1. The lowest BCUT2D eigenvalue weighted by atomic mass is 10.2. The minimum atomic E-state index is -0.0322. The smallest absolute Gasteiger partial charge is 0.238 e. The summed E-state index contributed by atoms with van der Waals surface area (Å²) in [7, 11) is 0. The van der Waals surface area contributed by atoms with Gasteiger partial charge in [-0.05, 0) is 56.0 Å². The number of rotatable bonds is 8. The van der Waals surface area contributed by atoms with Crippen LogP contribution in [0.25, 0.3) is 0 Å². The lowest BCUT2D eigenvalue weighted by Gasteiger charge is -2.09. The number of halogens is 1. The summed E-state index contributed by atoms with van der Waals surface area (Å²) in [6.07, 6.45) is 4.39. The molecule has 0 atom stereocenters. The van der Waals surface area contributed by atoms with E-state index >= 15 is 0 Å². The lowest BCUT2D eigenvalue weighted by molar-refractivity contribution is -0.115. The number of hydrogen-bond acceptors (Lipinski definition) is 3. The summed E-state index contributed by atoms with van der Waals surface area (Å²) in [5, 5.41) is 6.64. The molecule has 0 spiro atoms. The minimum Gasteiger partial charge on any atom is -0.325 e. The van der Waals surface area contributed by atoms with Gasteiger partial charge in [-0.1, -0.05) is 17.7 Å². The van der Waals surface area contributed by atoms with Crippen LogP contribution in [0, 0.1) is 6.92 Å². The number of hydrogen-bond donors (Lipinski definition) is 2. The third-order valence-corrected chi connectivity index (χ3v) is 3.64. The van der Waals surface area contributed by atoms with E-state index in [1.807, 2.05) is 30.8 Å². The zero-order valence-electron chi connectivity index (χ0n) is 11.5. The number of aryl methyl sites for hydroxylation is 1. The molecule has 0 aromatic heterocycles. The van der Waals surface area contributed by atoms with Gasteiger partial charge in [0.15, 0.2) is 0 Å². The van der Waals surface area contributed by atoms with Crippen molar-refractivity contribution >= 4 is 35.0 Å². The number of unbranched alkanes of at least 4 members (excludes halogenated alkanes) is 1. The molecule has 1 aromatic rings. The van der Waals surface area contributed by atoms with E-state index in [1.54, 1.807) is 6.07 Å². The highest BCUT2D eigenvalue weighted by atomic mass is 35.5. The van der Waals surface area contributed by atoms with Crippen LogP contribution in [0.15, 0.2) is 18.2 Å². The second-order valence-electron chi connectivity index (χ2n) is 4.38. The quantitative estimate of drug-likeness (QED) is 0.724. The minimum absolute atomic E-state index is 0.0322. The first-order chi connectivity index (χ1) is 9.13. The number of carbonyl (C=O) groups excluding carboxylic acids is 1. The van der Waals surface area contributed by atoms with Crippen LogP contribution in [0.3, 0.4) is 0 Å². The molecule has 5 heteroatoms. The van der Waals surface area contributed by atoms with Crippen LogP contribution in [0.2, 0.25) is 5.02 Å². The molecule has 1 amide bonds. The predicted molar refractivity (Wildman–Crippen MR) is 85.3 cm³/mol. The van der Waals surface area contributed by atoms with Gasteiger partial charge in [-0.25, -0.2) is 0 Å². The molecule has 0 aliphatic carbocycles. The van der Waals surface area contributed by atoms with E-state index in [0.717, 1.165) is 24.2 Å². The molecular formula is C14H21ClN2OS. The van der Waals surface area contributed by atoms with Gasteiger partial charge in [0.2, 0.25) is 5.91 Å². The van der Waals surface area contributed by atoms with Crippen LogP contribution in [0.4, 0.5) is 5.69 Å². The molecule has 0 aliphatic heterocycles. The molecule has 0 bridgehead atoms. The lowest BCUT2D eigenvalue weighted by Crippen LogP contribution is -2.29. The molecule has 0 fully saturated rings. The molecule has 1 rings (SSSR count). The fourth-order valence-electron chi connectivity index (χ4n) is 1.62. The van der Waals surface area contributed by atoms with Gasteiger partial charge >= 0.3 is 0 Å². The summed E-state index contributed by atoms with van der Waals surface area (Å²) in [6, 6.07) is 5.48. The van der Waals surface area contributed by atoms with E-state index < -0.39 is 0 Å². The van der Waals surface area contributed by atoms with Crippen LogP contribution >= 0.6 is 23.4 Å². The second kappa shape index (κ2) is 9.23. The zero-order valence-corrected chi connectivity index (χ0v) is 13.0. The first-order valence-electron chi connectivity index (χ1n) is 6.39. The Balaban J connectivity index is 2.25. The van der Waals surface area contributed by atoms with Crippen molar-refractivity contribution in [3.8, 4) is 0 Å². The summed E-state index contributed by atoms with van der Waals surface area (Å²) in [5.41, 5.74) is 1.79. The van der Waals surface area contributed by atoms with Crippen molar-refractivity contribution in [3.63, 3.8) is 0 Å². The average molecular weight is 301 g/mol. The average Bonchev–Trinajstić information content (AvgIpc) is 2.38. The standard InChI is InChI=1S/C14H21ClN2OS/c1-11-5-6-12(15)9-13(11)17-14(18)10-16-7-3-4-8-19-2/h5-6,9,16H,3-4,7-8,10H2,1-2H3,(H,17,18). The number of benzene rings is 1. The largest absolute Gasteiger partial charge is 0.325 e. The van der Waals surface area contributed by atoms with Gasteiger partial charge in [-0.2, -0.15) is 11.8 Å². The molecule has 19 heavy (non-hydrogen) atoms. The number of amides is 1. The zero-order chi connectivity index (χ0) is 14.1. The van der Waals surface area contributed by atoms with Crippen molar-refractivity contribution in [1.29, 1.82) is 0 Å². The SMILES string of the molecule is CSCCCCNCC(=O)Nc1cc(Cl)ccc1C. The monoisotopic (exact) mass is 300 g/mol. The van der Waals surface area contributed by atoms with Gasteiger partial charge in [-0.15, -0.1) is 0 Å². The van der Waals surface area contributed by atoms with Crippen molar-refractivity contribution in [2.45, 2.75) is 19.8 Å². The highest BCUT2D eigenvalue weighted by molar-refractivity contribution is 7.98. The molecule has 0 aliphatic rings. The van der Waals surface area contributed by atoms with E-state index in [2.05, 4.69) is 16.9 Å². The molecule has 106 valence electrons. The molecule has 0 saturated carbocycles. The van der Waals surface area contributed by atoms with E-state index in [1.165, 1.54) is 12.2 Å². The van der Waals surface area contributed by atoms with Gasteiger partial charge < -0.3 is 10.6 Å². The Labute approximate surface area is 124 Å². The van der Waals surface area contributed by atoms with Crippen LogP contribution in [-0.4, -0.2) is 31.0 Å². The third-order valence-electron chi connectivity index (χ3n) is 2.71. The number of carbonyl (C=O) groups is 1. The summed E-state index contributed by atoms with van der Waals surface area (Å²) < 4.78 is 0. The molecular weight excluding hydrogens is 280 g/mol. The number of nitrogens with one attached hydrogen (secondary N) is 2.